The monoisotopic (exact) mass is 424 g/mol. The van der Waals surface area contributed by atoms with Crippen LogP contribution < -0.4 is 21.2 Å². The molecule has 0 aromatic heterocycles. The summed E-state index contributed by atoms with van der Waals surface area (Å²) in [6, 6.07) is 17.3. The first-order valence-corrected chi connectivity index (χ1v) is 10.0. The molecule has 0 spiro atoms. The highest BCUT2D eigenvalue weighted by Gasteiger charge is 2.19. The van der Waals surface area contributed by atoms with Crippen molar-refractivity contribution >= 4 is 5.78 Å². The molecule has 0 saturated carbocycles. The van der Waals surface area contributed by atoms with E-state index in [0.717, 1.165) is 6.42 Å². The number of ketones is 1. The summed E-state index contributed by atoms with van der Waals surface area (Å²) in [5, 5.41) is 0. The Morgan fingerprint density at radius 3 is 2.26 bits per heavy atom. The van der Waals surface area contributed by atoms with Gasteiger partial charge in [-0.15, -0.1) is 0 Å². The molecule has 0 N–H and O–H groups in total. The van der Waals surface area contributed by atoms with Crippen molar-refractivity contribution in [3.05, 3.63) is 74.2 Å². The van der Waals surface area contributed by atoms with E-state index in [1.807, 2.05) is 20.8 Å². The number of carbonyl (C=O) groups excluding carboxylic acids is 1. The SMILES string of the molecule is CC.CC(=O)[C@@H](C)Cc1ccc(C)c([I+]c2ccccc2)c1.[CH3-]. The lowest BCUT2D eigenvalue weighted by atomic mass is 9.97. The summed E-state index contributed by atoms with van der Waals surface area (Å²) in [7, 11) is 0. The molecule has 0 heterocycles. The van der Waals surface area contributed by atoms with E-state index in [-0.39, 0.29) is 40.3 Å². The third-order valence-electron chi connectivity index (χ3n) is 3.42. The molecule has 2 aromatic carbocycles. The minimum Gasteiger partial charge on any atom is -0.358 e. The van der Waals surface area contributed by atoms with Crippen molar-refractivity contribution in [2.24, 2.45) is 5.92 Å². The van der Waals surface area contributed by atoms with Crippen LogP contribution in [0.15, 0.2) is 48.5 Å². The highest BCUT2D eigenvalue weighted by atomic mass is 127. The lowest BCUT2D eigenvalue weighted by Crippen LogP contribution is -3.61. The Morgan fingerprint density at radius 1 is 1.09 bits per heavy atom. The van der Waals surface area contributed by atoms with Crippen LogP contribution >= 0.6 is 0 Å². The molecule has 0 unspecified atom stereocenters. The summed E-state index contributed by atoms with van der Waals surface area (Å²) in [5.74, 6) is 0.380. The Bertz CT molecular complexity index is 590. The molecule has 23 heavy (non-hydrogen) atoms. The van der Waals surface area contributed by atoms with E-state index in [2.05, 4.69) is 55.5 Å². The van der Waals surface area contributed by atoms with Crippen molar-refractivity contribution in [2.75, 3.05) is 0 Å². The van der Waals surface area contributed by atoms with Crippen molar-refractivity contribution in [3.8, 4) is 0 Å². The predicted molar refractivity (Wildman–Crippen MR) is 96.3 cm³/mol. The van der Waals surface area contributed by atoms with Crippen molar-refractivity contribution in [3.63, 3.8) is 0 Å². The molecule has 0 bridgehead atoms. The normalized spacial score (nSPS) is 10.8. The molecular weight excluding hydrogens is 395 g/mol. The zero-order valence-electron chi connectivity index (χ0n) is 15.2. The van der Waals surface area contributed by atoms with E-state index in [1.54, 1.807) is 6.92 Å². The van der Waals surface area contributed by atoms with Gasteiger partial charge in [-0.1, -0.05) is 51.1 Å². The Balaban J connectivity index is 0.00000155. The molecule has 126 valence electrons. The van der Waals surface area contributed by atoms with E-state index in [4.69, 9.17) is 0 Å². The fourth-order valence-corrected chi connectivity index (χ4v) is 4.56. The van der Waals surface area contributed by atoms with E-state index in [0.29, 0.717) is 0 Å². The number of aryl methyl sites for hydroxylation is 1. The lowest BCUT2D eigenvalue weighted by molar-refractivity contribution is -0.598. The van der Waals surface area contributed by atoms with Crippen LogP contribution in [0.3, 0.4) is 0 Å². The van der Waals surface area contributed by atoms with Gasteiger partial charge >= 0.3 is 21.2 Å². The first-order valence-electron chi connectivity index (χ1n) is 7.86. The Morgan fingerprint density at radius 2 is 1.70 bits per heavy atom. The van der Waals surface area contributed by atoms with E-state index in [1.165, 1.54) is 18.3 Å². The molecule has 0 aliphatic carbocycles. The van der Waals surface area contributed by atoms with Crippen molar-refractivity contribution in [1.82, 2.24) is 0 Å². The van der Waals surface area contributed by atoms with Crippen molar-refractivity contribution in [1.29, 1.82) is 0 Å². The molecule has 0 aliphatic heterocycles. The van der Waals surface area contributed by atoms with Gasteiger partial charge in [0.15, 0.2) is 7.14 Å². The molecule has 2 heteroatoms. The molecular formula is C21H29IO. The molecule has 0 fully saturated rings. The van der Waals surface area contributed by atoms with Crippen LogP contribution in [0.4, 0.5) is 0 Å². The largest absolute Gasteiger partial charge is 0.358 e. The number of benzene rings is 2. The van der Waals surface area contributed by atoms with Crippen LogP contribution in [0.5, 0.6) is 0 Å². The van der Waals surface area contributed by atoms with E-state index < -0.39 is 0 Å². The zero-order valence-corrected chi connectivity index (χ0v) is 17.3. The Labute approximate surface area is 152 Å². The van der Waals surface area contributed by atoms with Gasteiger partial charge in [-0.05, 0) is 44.0 Å². The molecule has 1 atom stereocenters. The molecule has 2 rings (SSSR count). The van der Waals surface area contributed by atoms with Gasteiger partial charge in [0.2, 0.25) is 0 Å². The highest BCUT2D eigenvalue weighted by molar-refractivity contribution is 5.78. The topological polar surface area (TPSA) is 17.1 Å². The van der Waals surface area contributed by atoms with Gasteiger partial charge in [-0.3, -0.25) is 4.79 Å². The smallest absolute Gasteiger partial charge is 0.358 e. The maximum absolute atomic E-state index is 11.4. The second-order valence-corrected chi connectivity index (χ2v) is 8.14. The summed E-state index contributed by atoms with van der Waals surface area (Å²) in [4.78, 5) is 11.4. The predicted octanol–water partition coefficient (Wildman–Crippen LogP) is 2.37. The van der Waals surface area contributed by atoms with Gasteiger partial charge in [-0.2, -0.15) is 0 Å². The van der Waals surface area contributed by atoms with Gasteiger partial charge in [0.05, 0.1) is 0 Å². The Hall–Kier alpha value is -1.16. The maximum atomic E-state index is 11.4. The molecule has 2 aromatic rings. The van der Waals surface area contributed by atoms with Crippen molar-refractivity contribution < 1.29 is 26.0 Å². The van der Waals surface area contributed by atoms with Crippen LogP contribution in [0.25, 0.3) is 0 Å². The van der Waals surface area contributed by atoms with Crippen molar-refractivity contribution in [2.45, 2.75) is 41.0 Å². The number of halogens is 1. The van der Waals surface area contributed by atoms with Crippen LogP contribution in [-0.4, -0.2) is 5.78 Å². The summed E-state index contributed by atoms with van der Waals surface area (Å²) >= 11 is -0.136. The number of hydrogen-bond acceptors (Lipinski definition) is 1. The van der Waals surface area contributed by atoms with Gasteiger partial charge in [-0.25, -0.2) is 0 Å². The average Bonchev–Trinajstić information content (AvgIpc) is 2.53. The minimum atomic E-state index is -0.136. The average molecular weight is 424 g/mol. The van der Waals surface area contributed by atoms with Crippen LogP contribution in [-0.2, 0) is 11.2 Å². The van der Waals surface area contributed by atoms with Gasteiger partial charge in [0.25, 0.3) is 0 Å². The molecule has 0 aliphatic rings. The van der Waals surface area contributed by atoms with Gasteiger partial charge in [0, 0.05) is 11.5 Å². The van der Waals surface area contributed by atoms with Gasteiger partial charge in [0.1, 0.15) is 5.78 Å². The molecule has 0 amide bonds. The number of carbonyl (C=O) groups is 1. The summed E-state index contributed by atoms with van der Waals surface area (Å²) in [6.07, 6.45) is 0.848. The van der Waals surface area contributed by atoms with Crippen LogP contribution in [0, 0.1) is 27.4 Å². The molecule has 1 nitrogen and oxygen atoms in total. The summed E-state index contributed by atoms with van der Waals surface area (Å²) < 4.78 is 2.90. The zero-order chi connectivity index (χ0) is 16.5. The van der Waals surface area contributed by atoms with Crippen LogP contribution in [0.2, 0.25) is 0 Å². The first kappa shape index (κ1) is 21.8. The third-order valence-corrected chi connectivity index (χ3v) is 6.50. The number of rotatable bonds is 5. The fraction of sp³-hybridized carbons (Fsp3) is 0.333. The van der Waals surface area contributed by atoms with Gasteiger partial charge < -0.3 is 7.43 Å². The number of Topliss-reactive ketones (excluding diaryl/α,β-unsaturated/α-hetero) is 1. The maximum Gasteiger partial charge on any atom is 0.358 e. The van der Waals surface area contributed by atoms with E-state index >= 15 is 0 Å². The third kappa shape index (κ3) is 7.30. The second kappa shape index (κ2) is 11.4. The lowest BCUT2D eigenvalue weighted by Gasteiger charge is -2.07. The quantitative estimate of drug-likeness (QED) is 0.532. The molecule has 0 radical (unpaired) electrons. The summed E-state index contributed by atoms with van der Waals surface area (Å²) in [6.45, 7) is 9.86. The number of hydrogen-bond donors (Lipinski definition) is 0. The second-order valence-electron chi connectivity index (χ2n) is 5.19. The fourth-order valence-electron chi connectivity index (χ4n) is 1.96. The van der Waals surface area contributed by atoms with Crippen LogP contribution in [0.1, 0.15) is 38.8 Å². The minimum absolute atomic E-state index is 0. The highest BCUT2D eigenvalue weighted by Crippen LogP contribution is 2.10. The summed E-state index contributed by atoms with van der Waals surface area (Å²) in [5.41, 5.74) is 2.64. The Kier molecular flexibility index (Phi) is 10.8. The van der Waals surface area contributed by atoms with E-state index in [9.17, 15) is 4.79 Å². The first-order chi connectivity index (χ1) is 10.6. The molecule has 0 saturated heterocycles. The standard InChI is InChI=1S/C18H20IO.C2H6.CH3/c1-13-9-10-16(11-14(2)15(3)20)12-18(13)19-17-7-5-4-6-8-17;1-2;/h4-10,12,14H,11H2,1-3H3;1-2H3;1H3/q+1;;-1/t14-;;/m0../s1.